The Bertz CT molecular complexity index is 610. The van der Waals surface area contributed by atoms with Crippen molar-refractivity contribution >= 4 is 29.3 Å². The van der Waals surface area contributed by atoms with E-state index in [0.29, 0.717) is 12.2 Å². The largest absolute Gasteiger partial charge is 0.356 e. The van der Waals surface area contributed by atoms with Gasteiger partial charge in [-0.25, -0.2) is 0 Å². The van der Waals surface area contributed by atoms with Crippen LogP contribution < -0.4 is 10.6 Å². The molecule has 0 atom stereocenters. The van der Waals surface area contributed by atoms with Gasteiger partial charge >= 0.3 is 0 Å². The first kappa shape index (κ1) is 16.7. The Hall–Kier alpha value is -1.63. The number of carbonyl (C=O) groups excluding carboxylic acids is 1. The second-order valence-corrected chi connectivity index (χ2v) is 5.24. The predicted octanol–water partition coefficient (Wildman–Crippen LogP) is 0.813. The molecule has 3 rings (SSSR count). The number of hydrogen-bond acceptors (Lipinski definition) is 5. The number of carbonyl (C=O) groups is 1. The summed E-state index contributed by atoms with van der Waals surface area (Å²) in [5, 5.41) is 11.2. The van der Waals surface area contributed by atoms with E-state index in [4.69, 9.17) is 4.52 Å². The van der Waals surface area contributed by atoms with Gasteiger partial charge in [0, 0.05) is 44.7 Å². The molecule has 1 saturated heterocycles. The average molecular weight is 325 g/mol. The van der Waals surface area contributed by atoms with Crippen molar-refractivity contribution in [1.29, 1.82) is 0 Å². The van der Waals surface area contributed by atoms with Gasteiger partial charge in [-0.15, -0.1) is 12.4 Å². The number of rotatable bonds is 5. The van der Waals surface area contributed by atoms with Crippen LogP contribution in [0.5, 0.6) is 0 Å². The van der Waals surface area contributed by atoms with Crippen molar-refractivity contribution < 1.29 is 9.32 Å². The van der Waals surface area contributed by atoms with Gasteiger partial charge in [-0.3, -0.25) is 9.69 Å². The van der Waals surface area contributed by atoms with E-state index in [1.54, 1.807) is 0 Å². The fraction of sp³-hybridized carbons (Fsp3) is 0.467. The van der Waals surface area contributed by atoms with Crippen LogP contribution in [0.2, 0.25) is 0 Å². The summed E-state index contributed by atoms with van der Waals surface area (Å²) in [6.45, 7) is 5.72. The molecule has 7 heteroatoms. The number of piperazine rings is 1. The lowest BCUT2D eigenvalue weighted by atomic mass is 10.1. The number of benzene rings is 1. The maximum atomic E-state index is 12.0. The molecule has 0 aliphatic carbocycles. The minimum absolute atomic E-state index is 0. The monoisotopic (exact) mass is 324 g/mol. The molecule has 6 nitrogen and oxygen atoms in total. The Labute approximate surface area is 135 Å². The lowest BCUT2D eigenvalue weighted by molar-refractivity contribution is -0.120. The van der Waals surface area contributed by atoms with Crippen LogP contribution in [0.4, 0.5) is 0 Å². The Morgan fingerprint density at radius 1 is 1.32 bits per heavy atom. The van der Waals surface area contributed by atoms with E-state index in [1.165, 1.54) is 0 Å². The van der Waals surface area contributed by atoms with Crippen LogP contribution in [0.15, 0.2) is 28.8 Å². The van der Waals surface area contributed by atoms with Gasteiger partial charge in [-0.05, 0) is 12.1 Å². The quantitative estimate of drug-likeness (QED) is 0.852. The molecule has 0 bridgehead atoms. The third-order valence-electron chi connectivity index (χ3n) is 3.74. The highest BCUT2D eigenvalue weighted by Crippen LogP contribution is 2.17. The summed E-state index contributed by atoms with van der Waals surface area (Å²) in [5.41, 5.74) is 1.42. The number of nitrogens with zero attached hydrogens (tertiary/aromatic N) is 2. The number of hydrogen-bond donors (Lipinski definition) is 2. The van der Waals surface area contributed by atoms with E-state index < -0.39 is 0 Å². The molecule has 1 amide bonds. The number of amides is 1. The van der Waals surface area contributed by atoms with Crippen molar-refractivity contribution in [3.63, 3.8) is 0 Å². The van der Waals surface area contributed by atoms with Crippen LogP contribution in [0.3, 0.4) is 0 Å². The molecule has 22 heavy (non-hydrogen) atoms. The molecule has 2 heterocycles. The maximum Gasteiger partial charge on any atom is 0.226 e. The van der Waals surface area contributed by atoms with E-state index in [2.05, 4.69) is 20.7 Å². The molecule has 120 valence electrons. The van der Waals surface area contributed by atoms with Crippen molar-refractivity contribution in [3.8, 4) is 0 Å². The highest BCUT2D eigenvalue weighted by molar-refractivity contribution is 5.86. The summed E-state index contributed by atoms with van der Waals surface area (Å²) in [4.78, 5) is 14.3. The molecule has 0 saturated carbocycles. The van der Waals surface area contributed by atoms with E-state index >= 15 is 0 Å². The highest BCUT2D eigenvalue weighted by Gasteiger charge is 2.13. The van der Waals surface area contributed by atoms with Crippen molar-refractivity contribution in [2.24, 2.45) is 0 Å². The lowest BCUT2D eigenvalue weighted by Gasteiger charge is -2.27. The number of para-hydroxylation sites is 1. The molecule has 1 aliphatic heterocycles. The van der Waals surface area contributed by atoms with Crippen LogP contribution in [-0.2, 0) is 11.2 Å². The van der Waals surface area contributed by atoms with Crippen molar-refractivity contribution in [2.45, 2.75) is 6.42 Å². The number of fused-ring (bicyclic) bond motifs is 1. The van der Waals surface area contributed by atoms with Crippen LogP contribution in [0.1, 0.15) is 5.69 Å². The van der Waals surface area contributed by atoms with Crippen LogP contribution in [0.25, 0.3) is 11.0 Å². The first-order valence-electron chi connectivity index (χ1n) is 7.36. The SMILES string of the molecule is Cl.O=C(Cc1noc2ccccc12)NCCN1CCNCC1. The van der Waals surface area contributed by atoms with Crippen molar-refractivity contribution in [3.05, 3.63) is 30.0 Å². The molecule has 1 aromatic heterocycles. The van der Waals surface area contributed by atoms with E-state index in [1.807, 2.05) is 24.3 Å². The van der Waals surface area contributed by atoms with E-state index in [-0.39, 0.29) is 24.7 Å². The third kappa shape index (κ3) is 4.19. The summed E-state index contributed by atoms with van der Waals surface area (Å²) in [5.74, 6) is -0.0100. The van der Waals surface area contributed by atoms with E-state index in [0.717, 1.165) is 43.7 Å². The van der Waals surface area contributed by atoms with Gasteiger partial charge in [-0.1, -0.05) is 17.3 Å². The van der Waals surface area contributed by atoms with Crippen LogP contribution in [0, 0.1) is 0 Å². The molecule has 1 fully saturated rings. The first-order valence-corrected chi connectivity index (χ1v) is 7.36. The average Bonchev–Trinajstić information content (AvgIpc) is 2.92. The molecule has 2 N–H and O–H groups in total. The standard InChI is InChI=1S/C15H20N4O2.ClH/c20-15(17-7-10-19-8-5-16-6-9-19)11-13-12-3-1-2-4-14(12)21-18-13;/h1-4,16H,5-11H2,(H,17,20);1H. The molecular formula is C15H21ClN4O2. The summed E-state index contributed by atoms with van der Waals surface area (Å²) in [6, 6.07) is 7.60. The Morgan fingerprint density at radius 3 is 2.91 bits per heavy atom. The molecule has 0 radical (unpaired) electrons. The lowest BCUT2D eigenvalue weighted by Crippen LogP contribution is -2.46. The normalized spacial score (nSPS) is 15.5. The summed E-state index contributed by atoms with van der Waals surface area (Å²) < 4.78 is 5.20. The van der Waals surface area contributed by atoms with Gasteiger partial charge < -0.3 is 15.2 Å². The zero-order valence-electron chi connectivity index (χ0n) is 12.4. The molecular weight excluding hydrogens is 304 g/mol. The predicted molar refractivity (Wildman–Crippen MR) is 87.3 cm³/mol. The van der Waals surface area contributed by atoms with Crippen LogP contribution in [-0.4, -0.2) is 55.2 Å². The van der Waals surface area contributed by atoms with Crippen LogP contribution >= 0.6 is 12.4 Å². The second kappa shape index (κ2) is 8.12. The van der Waals surface area contributed by atoms with Crippen molar-refractivity contribution in [2.75, 3.05) is 39.3 Å². The van der Waals surface area contributed by atoms with E-state index in [9.17, 15) is 4.79 Å². The summed E-state index contributed by atoms with van der Waals surface area (Å²) in [6.07, 6.45) is 0.262. The van der Waals surface area contributed by atoms with Crippen molar-refractivity contribution in [1.82, 2.24) is 20.7 Å². The molecule has 1 aromatic carbocycles. The molecule has 1 aliphatic rings. The van der Waals surface area contributed by atoms with Gasteiger partial charge in [0.05, 0.1) is 6.42 Å². The van der Waals surface area contributed by atoms with Gasteiger partial charge in [0.15, 0.2) is 5.58 Å². The Morgan fingerprint density at radius 2 is 2.09 bits per heavy atom. The minimum atomic E-state index is -0.0100. The second-order valence-electron chi connectivity index (χ2n) is 5.24. The summed E-state index contributed by atoms with van der Waals surface area (Å²) in [7, 11) is 0. The van der Waals surface area contributed by atoms with Gasteiger partial charge in [0.25, 0.3) is 0 Å². The highest BCUT2D eigenvalue weighted by atomic mass is 35.5. The van der Waals surface area contributed by atoms with Gasteiger partial charge in [0.2, 0.25) is 5.91 Å². The Kier molecular flexibility index (Phi) is 6.18. The van der Waals surface area contributed by atoms with Gasteiger partial charge in [0.1, 0.15) is 5.69 Å². The topological polar surface area (TPSA) is 70.4 Å². The maximum absolute atomic E-state index is 12.0. The Balaban J connectivity index is 0.00000176. The molecule has 0 unspecified atom stereocenters. The fourth-order valence-electron chi connectivity index (χ4n) is 2.57. The molecule has 2 aromatic rings. The first-order chi connectivity index (χ1) is 10.3. The molecule has 0 spiro atoms. The number of aromatic nitrogens is 1. The number of halogens is 1. The smallest absolute Gasteiger partial charge is 0.226 e. The zero-order valence-corrected chi connectivity index (χ0v) is 13.2. The third-order valence-corrected chi connectivity index (χ3v) is 3.74. The minimum Gasteiger partial charge on any atom is -0.356 e. The van der Waals surface area contributed by atoms with Gasteiger partial charge in [-0.2, -0.15) is 0 Å². The zero-order chi connectivity index (χ0) is 14.5. The number of nitrogens with one attached hydrogen (secondary N) is 2. The summed E-state index contributed by atoms with van der Waals surface area (Å²) >= 11 is 0. The fourth-order valence-corrected chi connectivity index (χ4v) is 2.57.